The molecule has 3 rings (SSSR count). The second-order valence-corrected chi connectivity index (χ2v) is 7.49. The Morgan fingerprint density at radius 3 is 2.44 bits per heavy atom. The Morgan fingerprint density at radius 2 is 1.89 bits per heavy atom. The summed E-state index contributed by atoms with van der Waals surface area (Å²) in [6.45, 7) is 7.78. The Labute approximate surface area is 159 Å². The van der Waals surface area contributed by atoms with E-state index < -0.39 is 17.7 Å². The summed E-state index contributed by atoms with van der Waals surface area (Å²) in [5, 5.41) is 10.6. The van der Waals surface area contributed by atoms with E-state index in [0.29, 0.717) is 11.3 Å². The van der Waals surface area contributed by atoms with E-state index in [-0.39, 0.29) is 23.7 Å². The van der Waals surface area contributed by atoms with Crippen LogP contribution in [0, 0.1) is 19.8 Å². The van der Waals surface area contributed by atoms with Gasteiger partial charge in [-0.25, -0.2) is 0 Å². The van der Waals surface area contributed by atoms with Crippen LogP contribution < -0.4 is 4.90 Å². The Morgan fingerprint density at radius 1 is 1.22 bits per heavy atom. The van der Waals surface area contributed by atoms with E-state index in [0.717, 1.165) is 11.1 Å². The van der Waals surface area contributed by atoms with Crippen molar-refractivity contribution in [2.24, 2.45) is 5.92 Å². The van der Waals surface area contributed by atoms with E-state index >= 15 is 0 Å². The van der Waals surface area contributed by atoms with Gasteiger partial charge in [0.25, 0.3) is 5.91 Å². The molecule has 0 fully saturated rings. The minimum atomic E-state index is -0.682. The van der Waals surface area contributed by atoms with Crippen LogP contribution in [0.4, 0.5) is 5.69 Å². The van der Waals surface area contributed by atoms with E-state index in [2.05, 4.69) is 4.98 Å². The topological polar surface area (TPSA) is 70.5 Å². The number of amides is 1. The molecule has 1 N–H and O–H groups in total. The van der Waals surface area contributed by atoms with Gasteiger partial charge < -0.3 is 5.11 Å². The minimum absolute atomic E-state index is 0.123. The fourth-order valence-electron chi connectivity index (χ4n) is 3.58. The van der Waals surface area contributed by atoms with Gasteiger partial charge >= 0.3 is 0 Å². The van der Waals surface area contributed by atoms with Crippen LogP contribution in [0.5, 0.6) is 0 Å². The SMILES string of the molecule is Cc1cc(C)cc(N2C(=O)C(O)=C(C(=O)CC(C)C)C2c2cccnc2)c1. The third-order valence-electron chi connectivity index (χ3n) is 4.59. The van der Waals surface area contributed by atoms with Crippen LogP contribution in [0.25, 0.3) is 0 Å². The fraction of sp³-hybridized carbons (Fsp3) is 0.318. The first kappa shape index (κ1) is 18.8. The van der Waals surface area contributed by atoms with Crippen molar-refractivity contribution in [3.8, 4) is 0 Å². The highest BCUT2D eigenvalue weighted by Crippen LogP contribution is 2.41. The van der Waals surface area contributed by atoms with Gasteiger partial charge in [0, 0.05) is 24.5 Å². The van der Waals surface area contributed by atoms with Crippen LogP contribution in [-0.4, -0.2) is 21.8 Å². The maximum Gasteiger partial charge on any atom is 0.294 e. The first-order valence-electron chi connectivity index (χ1n) is 9.07. The lowest BCUT2D eigenvalue weighted by atomic mass is 9.92. The molecule has 1 unspecified atom stereocenters. The molecule has 5 nitrogen and oxygen atoms in total. The van der Waals surface area contributed by atoms with Crippen LogP contribution in [0.1, 0.15) is 43.0 Å². The maximum absolute atomic E-state index is 13.0. The molecule has 0 saturated carbocycles. The van der Waals surface area contributed by atoms with Crippen molar-refractivity contribution in [3.05, 3.63) is 70.7 Å². The molecule has 5 heteroatoms. The monoisotopic (exact) mass is 364 g/mol. The third-order valence-corrected chi connectivity index (χ3v) is 4.59. The first-order chi connectivity index (χ1) is 12.8. The molecule has 0 spiro atoms. The van der Waals surface area contributed by atoms with Crippen molar-refractivity contribution >= 4 is 17.4 Å². The van der Waals surface area contributed by atoms with E-state index in [1.807, 2.05) is 52.0 Å². The molecule has 1 aromatic heterocycles. The molecule has 2 heterocycles. The van der Waals surface area contributed by atoms with Gasteiger partial charge in [0.15, 0.2) is 11.5 Å². The summed E-state index contributed by atoms with van der Waals surface area (Å²) >= 11 is 0. The molecular formula is C22H24N2O3. The molecule has 140 valence electrons. The largest absolute Gasteiger partial charge is 0.503 e. The highest BCUT2D eigenvalue weighted by Gasteiger charge is 2.44. The van der Waals surface area contributed by atoms with Gasteiger partial charge in [-0.2, -0.15) is 0 Å². The van der Waals surface area contributed by atoms with Gasteiger partial charge in [0.05, 0.1) is 11.6 Å². The number of benzene rings is 1. The number of hydrogen-bond donors (Lipinski definition) is 1. The number of aliphatic hydroxyl groups is 1. The number of anilines is 1. The van der Waals surface area contributed by atoms with E-state index in [1.165, 1.54) is 4.90 Å². The molecule has 0 aliphatic carbocycles. The summed E-state index contributed by atoms with van der Waals surface area (Å²) in [5.74, 6) is -1.11. The number of hydrogen-bond acceptors (Lipinski definition) is 4. The molecule has 1 atom stereocenters. The molecule has 1 aromatic carbocycles. The lowest BCUT2D eigenvalue weighted by molar-refractivity contribution is -0.118. The lowest BCUT2D eigenvalue weighted by Crippen LogP contribution is -2.31. The number of rotatable bonds is 5. The van der Waals surface area contributed by atoms with Crippen molar-refractivity contribution in [3.63, 3.8) is 0 Å². The summed E-state index contributed by atoms with van der Waals surface area (Å²) in [4.78, 5) is 31.5. The average molecular weight is 364 g/mol. The number of pyridine rings is 1. The number of aliphatic hydroxyl groups excluding tert-OH is 1. The number of carbonyl (C=O) groups excluding carboxylic acids is 2. The molecule has 1 aliphatic rings. The van der Waals surface area contributed by atoms with E-state index in [1.54, 1.807) is 18.5 Å². The minimum Gasteiger partial charge on any atom is -0.503 e. The van der Waals surface area contributed by atoms with Gasteiger partial charge in [0.2, 0.25) is 0 Å². The number of nitrogens with zero attached hydrogens (tertiary/aromatic N) is 2. The standard InChI is InChI=1S/C22H24N2O3/c1-13(2)8-18(25)19-20(16-6-5-7-23-12-16)24(22(27)21(19)26)17-10-14(3)9-15(4)11-17/h5-7,9-13,20,26H,8H2,1-4H3. The summed E-state index contributed by atoms with van der Waals surface area (Å²) in [5.41, 5.74) is 3.51. The highest BCUT2D eigenvalue weighted by molar-refractivity contribution is 6.16. The molecule has 27 heavy (non-hydrogen) atoms. The maximum atomic E-state index is 13.0. The van der Waals surface area contributed by atoms with Crippen molar-refractivity contribution in [2.75, 3.05) is 4.90 Å². The zero-order chi connectivity index (χ0) is 19.7. The number of carbonyl (C=O) groups is 2. The van der Waals surface area contributed by atoms with Gasteiger partial charge in [0.1, 0.15) is 0 Å². The quantitative estimate of drug-likeness (QED) is 0.862. The van der Waals surface area contributed by atoms with Gasteiger partial charge in [-0.3, -0.25) is 19.5 Å². The van der Waals surface area contributed by atoms with Crippen molar-refractivity contribution < 1.29 is 14.7 Å². The summed E-state index contributed by atoms with van der Waals surface area (Å²) in [7, 11) is 0. The van der Waals surface area contributed by atoms with Gasteiger partial charge in [-0.05, 0) is 54.7 Å². The normalized spacial score (nSPS) is 17.1. The smallest absolute Gasteiger partial charge is 0.294 e. The molecule has 0 saturated heterocycles. The van der Waals surface area contributed by atoms with Crippen LogP contribution in [0.15, 0.2) is 54.1 Å². The molecular weight excluding hydrogens is 340 g/mol. The molecule has 1 aliphatic heterocycles. The van der Waals surface area contributed by atoms with E-state index in [4.69, 9.17) is 0 Å². The predicted octanol–water partition coefficient (Wildman–Crippen LogP) is 4.21. The van der Waals surface area contributed by atoms with Crippen LogP contribution in [-0.2, 0) is 9.59 Å². The highest BCUT2D eigenvalue weighted by atomic mass is 16.3. The number of aromatic nitrogens is 1. The summed E-state index contributed by atoms with van der Waals surface area (Å²) in [6, 6.07) is 8.69. The predicted molar refractivity (Wildman–Crippen MR) is 104 cm³/mol. The van der Waals surface area contributed by atoms with Crippen molar-refractivity contribution in [1.82, 2.24) is 4.98 Å². The number of ketones is 1. The summed E-state index contributed by atoms with van der Waals surface area (Å²) in [6.07, 6.45) is 3.54. The third kappa shape index (κ3) is 3.63. The zero-order valence-electron chi connectivity index (χ0n) is 16.1. The lowest BCUT2D eigenvalue weighted by Gasteiger charge is -2.27. The first-order valence-corrected chi connectivity index (χ1v) is 9.07. The average Bonchev–Trinajstić information content (AvgIpc) is 2.86. The van der Waals surface area contributed by atoms with Crippen molar-refractivity contribution in [2.45, 2.75) is 40.2 Å². The fourth-order valence-corrected chi connectivity index (χ4v) is 3.58. The Hall–Kier alpha value is -2.95. The van der Waals surface area contributed by atoms with E-state index in [9.17, 15) is 14.7 Å². The van der Waals surface area contributed by atoms with Gasteiger partial charge in [-0.1, -0.05) is 26.0 Å². The Balaban J connectivity index is 2.16. The van der Waals surface area contributed by atoms with Crippen LogP contribution in [0.3, 0.4) is 0 Å². The number of Topliss-reactive ketones (excluding diaryl/α,β-unsaturated/α-hetero) is 1. The molecule has 0 bridgehead atoms. The van der Waals surface area contributed by atoms with Crippen molar-refractivity contribution in [1.29, 1.82) is 0 Å². The zero-order valence-corrected chi connectivity index (χ0v) is 16.1. The second-order valence-electron chi connectivity index (χ2n) is 7.49. The van der Waals surface area contributed by atoms with Crippen LogP contribution >= 0.6 is 0 Å². The van der Waals surface area contributed by atoms with Gasteiger partial charge in [-0.15, -0.1) is 0 Å². The molecule has 0 radical (unpaired) electrons. The Kier molecular flexibility index (Phi) is 5.13. The Bertz CT molecular complexity index is 896. The summed E-state index contributed by atoms with van der Waals surface area (Å²) < 4.78 is 0. The second kappa shape index (κ2) is 7.35. The van der Waals surface area contributed by atoms with Crippen LogP contribution in [0.2, 0.25) is 0 Å². The molecule has 1 amide bonds. The molecule has 2 aromatic rings. The number of aryl methyl sites for hydroxylation is 2.